The van der Waals surface area contributed by atoms with Crippen molar-refractivity contribution < 1.29 is 9.53 Å². The van der Waals surface area contributed by atoms with E-state index >= 15 is 0 Å². The van der Waals surface area contributed by atoms with E-state index < -0.39 is 0 Å². The molecular weight excluding hydrogens is 264 g/mol. The van der Waals surface area contributed by atoms with E-state index in [-0.39, 0.29) is 11.9 Å². The first kappa shape index (κ1) is 15.2. The Bertz CT molecular complexity index is 561. The lowest BCUT2D eigenvalue weighted by atomic mass is 10.2. The molecular formula is C17H22N2O2. The monoisotopic (exact) mass is 286 g/mol. The summed E-state index contributed by atoms with van der Waals surface area (Å²) >= 11 is 0. The first-order chi connectivity index (χ1) is 10.1. The highest BCUT2D eigenvalue weighted by Gasteiger charge is 2.15. The van der Waals surface area contributed by atoms with Crippen molar-refractivity contribution in [1.82, 2.24) is 4.57 Å². The summed E-state index contributed by atoms with van der Waals surface area (Å²) in [5.74, 6) is 0.920. The molecule has 0 saturated heterocycles. The van der Waals surface area contributed by atoms with Gasteiger partial charge in [0.1, 0.15) is 5.75 Å². The molecule has 2 aromatic rings. The number of amides is 1. The van der Waals surface area contributed by atoms with E-state index in [2.05, 4.69) is 0 Å². The second-order valence-electron chi connectivity index (χ2n) is 5.06. The number of hydrogen-bond acceptors (Lipinski definition) is 2. The molecule has 0 aliphatic carbocycles. The minimum atomic E-state index is 0.0976. The van der Waals surface area contributed by atoms with Gasteiger partial charge in [0.2, 0.25) is 5.91 Å². The zero-order chi connectivity index (χ0) is 15.2. The predicted octanol–water partition coefficient (Wildman–Crippen LogP) is 3.50. The van der Waals surface area contributed by atoms with Gasteiger partial charge < -0.3 is 14.2 Å². The van der Waals surface area contributed by atoms with Crippen LogP contribution < -0.4 is 9.64 Å². The van der Waals surface area contributed by atoms with Gasteiger partial charge in [-0.25, -0.2) is 0 Å². The van der Waals surface area contributed by atoms with E-state index in [9.17, 15) is 4.79 Å². The lowest BCUT2D eigenvalue weighted by Crippen LogP contribution is -2.28. The summed E-state index contributed by atoms with van der Waals surface area (Å²) in [5.41, 5.74) is 0.878. The van der Waals surface area contributed by atoms with Gasteiger partial charge in [0, 0.05) is 37.6 Å². The van der Waals surface area contributed by atoms with Gasteiger partial charge in [-0.15, -0.1) is 0 Å². The highest BCUT2D eigenvalue weighted by Crippen LogP contribution is 2.21. The molecule has 0 aliphatic rings. The minimum absolute atomic E-state index is 0.0976. The number of carbonyl (C=O) groups excluding carboxylic acids is 1. The van der Waals surface area contributed by atoms with Crippen LogP contribution in [0.15, 0.2) is 48.8 Å². The number of benzene rings is 1. The highest BCUT2D eigenvalue weighted by molar-refractivity contribution is 5.93. The van der Waals surface area contributed by atoms with Crippen molar-refractivity contribution in [2.75, 3.05) is 18.6 Å². The molecule has 1 atom stereocenters. The van der Waals surface area contributed by atoms with Crippen LogP contribution >= 0.6 is 0 Å². The quantitative estimate of drug-likeness (QED) is 0.814. The van der Waals surface area contributed by atoms with Crippen LogP contribution in [0, 0.1) is 0 Å². The number of anilines is 1. The topological polar surface area (TPSA) is 34.5 Å². The summed E-state index contributed by atoms with van der Waals surface area (Å²) in [6.45, 7) is 4.64. The van der Waals surface area contributed by atoms with Gasteiger partial charge in [-0.05, 0) is 50.2 Å². The first-order valence-electron chi connectivity index (χ1n) is 7.23. The number of carbonyl (C=O) groups is 1. The van der Waals surface area contributed by atoms with Crippen molar-refractivity contribution in [3.8, 4) is 5.75 Å². The summed E-state index contributed by atoms with van der Waals surface area (Å²) in [6.07, 6.45) is 4.43. The molecule has 0 fully saturated rings. The Labute approximate surface area is 125 Å². The molecule has 0 unspecified atom stereocenters. The Morgan fingerprint density at radius 2 is 1.86 bits per heavy atom. The van der Waals surface area contributed by atoms with Crippen LogP contribution in [0.1, 0.15) is 26.3 Å². The summed E-state index contributed by atoms with van der Waals surface area (Å²) in [5, 5.41) is 0. The molecule has 4 heteroatoms. The van der Waals surface area contributed by atoms with Crippen LogP contribution in [-0.2, 0) is 4.79 Å². The van der Waals surface area contributed by atoms with E-state index in [1.807, 2.05) is 67.2 Å². The fourth-order valence-electron chi connectivity index (χ4n) is 2.21. The zero-order valence-electron chi connectivity index (χ0n) is 12.8. The Morgan fingerprint density at radius 3 is 2.43 bits per heavy atom. The van der Waals surface area contributed by atoms with Gasteiger partial charge in [0.15, 0.2) is 0 Å². The molecule has 2 rings (SSSR count). The number of ether oxygens (including phenoxy) is 1. The van der Waals surface area contributed by atoms with Crippen molar-refractivity contribution in [2.45, 2.75) is 26.3 Å². The second kappa shape index (κ2) is 6.97. The molecule has 0 radical (unpaired) electrons. The van der Waals surface area contributed by atoms with Crippen LogP contribution in [0.25, 0.3) is 0 Å². The molecule has 0 N–H and O–H groups in total. The molecule has 0 bridgehead atoms. The zero-order valence-corrected chi connectivity index (χ0v) is 12.8. The van der Waals surface area contributed by atoms with Crippen LogP contribution in [0.2, 0.25) is 0 Å². The Hall–Kier alpha value is -2.23. The molecule has 4 nitrogen and oxygen atoms in total. The number of hydrogen-bond donors (Lipinski definition) is 0. The predicted molar refractivity (Wildman–Crippen MR) is 84.8 cm³/mol. The van der Waals surface area contributed by atoms with Gasteiger partial charge in [-0.3, -0.25) is 4.79 Å². The van der Waals surface area contributed by atoms with Crippen LogP contribution in [0.4, 0.5) is 5.69 Å². The van der Waals surface area contributed by atoms with Crippen molar-refractivity contribution in [1.29, 1.82) is 0 Å². The molecule has 21 heavy (non-hydrogen) atoms. The average molecular weight is 286 g/mol. The maximum atomic E-state index is 12.3. The van der Waals surface area contributed by atoms with Crippen LogP contribution in [0.5, 0.6) is 5.75 Å². The Morgan fingerprint density at radius 1 is 1.24 bits per heavy atom. The van der Waals surface area contributed by atoms with E-state index in [1.54, 1.807) is 11.9 Å². The van der Waals surface area contributed by atoms with E-state index in [4.69, 9.17) is 4.74 Å². The fraction of sp³-hybridized carbons (Fsp3) is 0.353. The SMILES string of the molecule is CCOc1ccc(N(C)C(=O)C[C@@H](C)n2cccc2)cc1. The second-order valence-corrected chi connectivity index (χ2v) is 5.06. The third kappa shape index (κ3) is 3.88. The molecule has 1 aromatic carbocycles. The number of rotatable bonds is 6. The van der Waals surface area contributed by atoms with Gasteiger partial charge in [-0.2, -0.15) is 0 Å². The third-order valence-electron chi connectivity index (χ3n) is 3.52. The summed E-state index contributed by atoms with van der Waals surface area (Å²) < 4.78 is 7.45. The summed E-state index contributed by atoms with van der Waals surface area (Å²) in [6, 6.07) is 11.7. The Balaban J connectivity index is 1.98. The normalized spacial score (nSPS) is 12.0. The van der Waals surface area contributed by atoms with E-state index in [1.165, 1.54) is 0 Å². The van der Waals surface area contributed by atoms with Gasteiger partial charge in [-0.1, -0.05) is 0 Å². The van der Waals surface area contributed by atoms with Crippen molar-refractivity contribution in [3.63, 3.8) is 0 Å². The van der Waals surface area contributed by atoms with Gasteiger partial charge >= 0.3 is 0 Å². The lowest BCUT2D eigenvalue weighted by Gasteiger charge is -2.21. The Kier molecular flexibility index (Phi) is 5.04. The lowest BCUT2D eigenvalue weighted by molar-refractivity contribution is -0.119. The number of aromatic nitrogens is 1. The average Bonchev–Trinajstić information content (AvgIpc) is 3.02. The minimum Gasteiger partial charge on any atom is -0.494 e. The van der Waals surface area contributed by atoms with Crippen molar-refractivity contribution >= 4 is 11.6 Å². The van der Waals surface area contributed by atoms with Crippen molar-refractivity contribution in [3.05, 3.63) is 48.8 Å². The first-order valence-corrected chi connectivity index (χ1v) is 7.23. The van der Waals surface area contributed by atoms with Crippen molar-refractivity contribution in [2.24, 2.45) is 0 Å². The molecule has 1 amide bonds. The molecule has 0 saturated carbocycles. The summed E-state index contributed by atoms with van der Waals surface area (Å²) in [7, 11) is 1.81. The van der Waals surface area contributed by atoms with Gasteiger partial charge in [0.05, 0.1) is 6.61 Å². The maximum absolute atomic E-state index is 12.3. The van der Waals surface area contributed by atoms with Crippen LogP contribution in [0.3, 0.4) is 0 Å². The third-order valence-corrected chi connectivity index (χ3v) is 3.52. The van der Waals surface area contributed by atoms with Crippen LogP contribution in [-0.4, -0.2) is 24.1 Å². The fourth-order valence-corrected chi connectivity index (χ4v) is 2.21. The number of nitrogens with zero attached hydrogens (tertiary/aromatic N) is 2. The van der Waals surface area contributed by atoms with E-state index in [0.717, 1.165) is 11.4 Å². The highest BCUT2D eigenvalue weighted by atomic mass is 16.5. The molecule has 1 aromatic heterocycles. The smallest absolute Gasteiger partial charge is 0.228 e. The standard InChI is InChI=1S/C17H22N2O2/c1-4-21-16-9-7-15(8-10-16)18(3)17(20)13-14(2)19-11-5-6-12-19/h5-12,14H,4,13H2,1-3H3/t14-/m1/s1. The maximum Gasteiger partial charge on any atom is 0.228 e. The summed E-state index contributed by atoms with van der Waals surface area (Å²) in [4.78, 5) is 14.0. The largest absolute Gasteiger partial charge is 0.494 e. The molecule has 1 heterocycles. The molecule has 112 valence electrons. The molecule has 0 aliphatic heterocycles. The molecule has 0 spiro atoms. The van der Waals surface area contributed by atoms with E-state index in [0.29, 0.717) is 13.0 Å². The van der Waals surface area contributed by atoms with Gasteiger partial charge in [0.25, 0.3) is 0 Å².